The van der Waals surface area contributed by atoms with Gasteiger partial charge in [-0.15, -0.1) is 0 Å². The zero-order chi connectivity index (χ0) is 16.3. The van der Waals surface area contributed by atoms with Crippen molar-refractivity contribution < 1.29 is 9.50 Å². The highest BCUT2D eigenvalue weighted by molar-refractivity contribution is 5.39. The Morgan fingerprint density at radius 2 is 1.43 bits per heavy atom. The standard InChI is InChI=1S/C18H16FN3O/c19-16-7-5-13(6-8-16)17(20)18(23,14-3-1-9-21-11-14)15-4-2-10-22-12-15/h1-12,17,23H,20H2/t17-/m1/s1. The molecule has 0 aliphatic carbocycles. The smallest absolute Gasteiger partial charge is 0.137 e. The third-order valence-corrected chi connectivity index (χ3v) is 3.88. The second-order valence-corrected chi connectivity index (χ2v) is 5.28. The lowest BCUT2D eigenvalue weighted by Crippen LogP contribution is -2.40. The maximum absolute atomic E-state index is 13.2. The quantitative estimate of drug-likeness (QED) is 0.777. The van der Waals surface area contributed by atoms with Crippen molar-refractivity contribution in [3.8, 4) is 0 Å². The number of aromatic nitrogens is 2. The van der Waals surface area contributed by atoms with E-state index < -0.39 is 11.6 Å². The highest BCUT2D eigenvalue weighted by Crippen LogP contribution is 2.38. The van der Waals surface area contributed by atoms with Crippen LogP contribution in [0.15, 0.2) is 73.3 Å². The molecule has 0 radical (unpaired) electrons. The number of benzene rings is 1. The Labute approximate surface area is 133 Å². The SMILES string of the molecule is N[C@H](c1ccc(F)cc1)C(O)(c1cccnc1)c1cccnc1. The van der Waals surface area contributed by atoms with Gasteiger partial charge < -0.3 is 10.8 Å². The van der Waals surface area contributed by atoms with Gasteiger partial charge in [0.1, 0.15) is 11.4 Å². The largest absolute Gasteiger partial charge is 0.378 e. The van der Waals surface area contributed by atoms with E-state index in [0.717, 1.165) is 0 Å². The first kappa shape index (κ1) is 15.3. The van der Waals surface area contributed by atoms with E-state index in [1.54, 1.807) is 61.2 Å². The lowest BCUT2D eigenvalue weighted by molar-refractivity contribution is 0.0505. The van der Waals surface area contributed by atoms with Crippen molar-refractivity contribution in [1.82, 2.24) is 9.97 Å². The van der Waals surface area contributed by atoms with Gasteiger partial charge in [-0.1, -0.05) is 24.3 Å². The van der Waals surface area contributed by atoms with Crippen LogP contribution in [0.5, 0.6) is 0 Å². The first-order chi connectivity index (χ1) is 11.1. The summed E-state index contributed by atoms with van der Waals surface area (Å²) in [5.41, 5.74) is 6.54. The molecule has 3 rings (SSSR count). The van der Waals surface area contributed by atoms with E-state index in [-0.39, 0.29) is 5.82 Å². The Morgan fingerprint density at radius 3 is 1.87 bits per heavy atom. The van der Waals surface area contributed by atoms with Crippen LogP contribution in [0.25, 0.3) is 0 Å². The van der Waals surface area contributed by atoms with Gasteiger partial charge in [0.15, 0.2) is 0 Å². The molecule has 2 heterocycles. The van der Waals surface area contributed by atoms with Gasteiger partial charge in [0.05, 0.1) is 6.04 Å². The molecule has 4 nitrogen and oxygen atoms in total. The van der Waals surface area contributed by atoms with Crippen LogP contribution in [0.3, 0.4) is 0 Å². The van der Waals surface area contributed by atoms with Gasteiger partial charge in [-0.25, -0.2) is 4.39 Å². The second-order valence-electron chi connectivity index (χ2n) is 5.28. The predicted molar refractivity (Wildman–Crippen MR) is 84.8 cm³/mol. The molecule has 0 aliphatic rings. The van der Waals surface area contributed by atoms with E-state index in [2.05, 4.69) is 9.97 Å². The average molecular weight is 309 g/mol. The maximum atomic E-state index is 13.2. The second kappa shape index (κ2) is 6.24. The van der Waals surface area contributed by atoms with Gasteiger partial charge in [0.2, 0.25) is 0 Å². The summed E-state index contributed by atoms with van der Waals surface area (Å²) in [7, 11) is 0. The molecule has 0 aliphatic heterocycles. The number of hydrogen-bond acceptors (Lipinski definition) is 4. The van der Waals surface area contributed by atoms with Crippen LogP contribution in [0.4, 0.5) is 4.39 Å². The number of nitrogens with two attached hydrogens (primary N) is 1. The molecule has 0 saturated heterocycles. The summed E-state index contributed by atoms with van der Waals surface area (Å²) in [6.07, 6.45) is 6.37. The Kier molecular flexibility index (Phi) is 4.14. The monoisotopic (exact) mass is 309 g/mol. The summed E-state index contributed by atoms with van der Waals surface area (Å²) < 4.78 is 13.2. The van der Waals surface area contributed by atoms with E-state index in [4.69, 9.17) is 5.73 Å². The molecule has 0 spiro atoms. The summed E-state index contributed by atoms with van der Waals surface area (Å²) in [4.78, 5) is 8.14. The van der Waals surface area contributed by atoms with Crippen molar-refractivity contribution in [1.29, 1.82) is 0 Å². The van der Waals surface area contributed by atoms with E-state index in [1.165, 1.54) is 12.1 Å². The molecule has 5 heteroatoms. The molecule has 116 valence electrons. The highest BCUT2D eigenvalue weighted by atomic mass is 19.1. The van der Waals surface area contributed by atoms with Gasteiger partial charge in [-0.05, 0) is 29.8 Å². The van der Waals surface area contributed by atoms with Crippen LogP contribution in [-0.4, -0.2) is 15.1 Å². The highest BCUT2D eigenvalue weighted by Gasteiger charge is 2.39. The molecular weight excluding hydrogens is 293 g/mol. The van der Waals surface area contributed by atoms with Crippen molar-refractivity contribution in [3.05, 3.63) is 95.8 Å². The lowest BCUT2D eigenvalue weighted by atomic mass is 9.79. The molecule has 0 unspecified atom stereocenters. The number of rotatable bonds is 4. The average Bonchev–Trinajstić information content (AvgIpc) is 2.62. The fraction of sp³-hybridized carbons (Fsp3) is 0.111. The lowest BCUT2D eigenvalue weighted by Gasteiger charge is -2.34. The molecule has 23 heavy (non-hydrogen) atoms. The Bertz CT molecular complexity index is 724. The molecular formula is C18H16FN3O. The minimum atomic E-state index is -1.53. The molecule has 3 N–H and O–H groups in total. The van der Waals surface area contributed by atoms with Gasteiger partial charge >= 0.3 is 0 Å². The number of hydrogen-bond donors (Lipinski definition) is 2. The number of nitrogens with zero attached hydrogens (tertiary/aromatic N) is 2. The molecule has 0 bridgehead atoms. The van der Waals surface area contributed by atoms with Gasteiger partial charge in [-0.2, -0.15) is 0 Å². The molecule has 1 aromatic carbocycles. The Morgan fingerprint density at radius 1 is 0.913 bits per heavy atom. The fourth-order valence-electron chi connectivity index (χ4n) is 2.61. The number of halogens is 1. The van der Waals surface area contributed by atoms with Crippen molar-refractivity contribution in [3.63, 3.8) is 0 Å². The van der Waals surface area contributed by atoms with Crippen molar-refractivity contribution in [2.45, 2.75) is 11.6 Å². The molecule has 0 amide bonds. The zero-order valence-electron chi connectivity index (χ0n) is 12.3. The van der Waals surface area contributed by atoms with Crippen LogP contribution in [0.2, 0.25) is 0 Å². The van der Waals surface area contributed by atoms with Gasteiger partial charge in [-0.3, -0.25) is 9.97 Å². The summed E-state index contributed by atoms with van der Waals surface area (Å²) >= 11 is 0. The summed E-state index contributed by atoms with van der Waals surface area (Å²) in [6, 6.07) is 11.9. The predicted octanol–water partition coefficient (Wildman–Crippen LogP) is 2.55. The number of aliphatic hydroxyl groups is 1. The molecule has 0 fully saturated rings. The van der Waals surface area contributed by atoms with Crippen LogP contribution < -0.4 is 5.73 Å². The summed E-state index contributed by atoms with van der Waals surface area (Å²) in [5.74, 6) is -0.354. The van der Waals surface area contributed by atoms with Gasteiger partial charge in [0, 0.05) is 35.9 Å². The van der Waals surface area contributed by atoms with Crippen LogP contribution >= 0.6 is 0 Å². The summed E-state index contributed by atoms with van der Waals surface area (Å²) in [5, 5.41) is 11.4. The van der Waals surface area contributed by atoms with Gasteiger partial charge in [0.25, 0.3) is 0 Å². The third-order valence-electron chi connectivity index (χ3n) is 3.88. The fourth-order valence-corrected chi connectivity index (χ4v) is 2.61. The van der Waals surface area contributed by atoms with Crippen molar-refractivity contribution in [2.24, 2.45) is 5.73 Å². The zero-order valence-corrected chi connectivity index (χ0v) is 12.3. The Balaban J connectivity index is 2.14. The minimum absolute atomic E-state index is 0.354. The maximum Gasteiger partial charge on any atom is 0.137 e. The topological polar surface area (TPSA) is 72.0 Å². The minimum Gasteiger partial charge on any atom is -0.378 e. The third kappa shape index (κ3) is 2.84. The van der Waals surface area contributed by atoms with Crippen LogP contribution in [0, 0.1) is 5.82 Å². The Hall–Kier alpha value is -2.63. The molecule has 0 saturated carbocycles. The van der Waals surface area contributed by atoms with Crippen LogP contribution in [0.1, 0.15) is 22.7 Å². The van der Waals surface area contributed by atoms with Crippen LogP contribution in [-0.2, 0) is 5.60 Å². The van der Waals surface area contributed by atoms with Crippen molar-refractivity contribution in [2.75, 3.05) is 0 Å². The normalized spacial score (nSPS) is 12.8. The number of pyridine rings is 2. The van der Waals surface area contributed by atoms with E-state index in [1.807, 2.05) is 0 Å². The summed E-state index contributed by atoms with van der Waals surface area (Å²) in [6.45, 7) is 0. The molecule has 1 atom stereocenters. The van der Waals surface area contributed by atoms with Crippen molar-refractivity contribution >= 4 is 0 Å². The van der Waals surface area contributed by atoms with E-state index in [0.29, 0.717) is 16.7 Å². The first-order valence-corrected chi connectivity index (χ1v) is 7.17. The van der Waals surface area contributed by atoms with E-state index >= 15 is 0 Å². The molecule has 3 aromatic rings. The molecule has 2 aromatic heterocycles. The van der Waals surface area contributed by atoms with E-state index in [9.17, 15) is 9.50 Å². The first-order valence-electron chi connectivity index (χ1n) is 7.17.